The molecule has 94 valence electrons. The molecule has 0 aliphatic heterocycles. The zero-order valence-corrected chi connectivity index (χ0v) is 9.79. The Kier molecular flexibility index (Phi) is 3.42. The zero-order valence-electron chi connectivity index (χ0n) is 8.98. The molecule has 18 heavy (non-hydrogen) atoms. The minimum absolute atomic E-state index is 0.151. The highest BCUT2D eigenvalue weighted by Crippen LogP contribution is 2.34. The van der Waals surface area contributed by atoms with E-state index >= 15 is 0 Å². The second-order valence-electron chi connectivity index (χ2n) is 3.40. The number of nitrogen functional groups attached to an aromatic ring is 1. The molecule has 7 heteroatoms. The van der Waals surface area contributed by atoms with Gasteiger partial charge in [0.05, 0.1) is 5.56 Å². The van der Waals surface area contributed by atoms with E-state index in [1.807, 2.05) is 0 Å². The predicted octanol–water partition coefficient (Wildman–Crippen LogP) is 3.23. The van der Waals surface area contributed by atoms with E-state index in [4.69, 9.17) is 5.73 Å². The van der Waals surface area contributed by atoms with E-state index in [9.17, 15) is 13.2 Å². The minimum atomic E-state index is -4.43. The summed E-state index contributed by atoms with van der Waals surface area (Å²) in [5.74, 6) is -0.151. The number of halogens is 3. The maximum Gasteiger partial charge on any atom is 0.416 e. The lowest BCUT2D eigenvalue weighted by Gasteiger charge is -2.09. The Balaban J connectivity index is 2.32. The molecule has 0 atom stereocenters. The van der Waals surface area contributed by atoms with E-state index in [2.05, 4.69) is 9.97 Å². The van der Waals surface area contributed by atoms with Gasteiger partial charge in [0.25, 0.3) is 0 Å². The van der Waals surface area contributed by atoms with E-state index in [1.54, 1.807) is 24.5 Å². The molecular formula is C11H8F3N3S. The Morgan fingerprint density at radius 1 is 1.11 bits per heavy atom. The third kappa shape index (κ3) is 3.13. The van der Waals surface area contributed by atoms with Crippen LogP contribution in [0.3, 0.4) is 0 Å². The third-order valence-electron chi connectivity index (χ3n) is 2.02. The average molecular weight is 271 g/mol. The fourth-order valence-electron chi connectivity index (χ4n) is 1.27. The molecule has 0 aliphatic carbocycles. The summed E-state index contributed by atoms with van der Waals surface area (Å²) in [6, 6.07) is 5.16. The molecule has 0 amide bonds. The van der Waals surface area contributed by atoms with Crippen LogP contribution in [-0.4, -0.2) is 9.97 Å². The van der Waals surface area contributed by atoms with Gasteiger partial charge in [-0.05, 0) is 24.3 Å². The van der Waals surface area contributed by atoms with E-state index in [1.165, 1.54) is 0 Å². The molecule has 0 bridgehead atoms. The Morgan fingerprint density at radius 2 is 1.78 bits per heavy atom. The molecule has 0 spiro atoms. The molecule has 0 aromatic carbocycles. The number of hydrogen-bond acceptors (Lipinski definition) is 4. The van der Waals surface area contributed by atoms with Crippen LogP contribution >= 0.6 is 11.8 Å². The van der Waals surface area contributed by atoms with Gasteiger partial charge >= 0.3 is 6.18 Å². The Labute approximate surface area is 105 Å². The molecule has 0 saturated carbocycles. The summed E-state index contributed by atoms with van der Waals surface area (Å²) in [6.07, 6.45) is -1.32. The highest BCUT2D eigenvalue weighted by molar-refractivity contribution is 7.99. The molecule has 0 saturated heterocycles. The zero-order chi connectivity index (χ0) is 13.2. The Hall–Kier alpha value is -1.76. The van der Waals surface area contributed by atoms with Crippen molar-refractivity contribution in [3.8, 4) is 0 Å². The van der Waals surface area contributed by atoms with Crippen molar-refractivity contribution in [2.24, 2.45) is 0 Å². The van der Waals surface area contributed by atoms with Gasteiger partial charge in [-0.2, -0.15) is 13.2 Å². The Morgan fingerprint density at radius 3 is 2.39 bits per heavy atom. The SMILES string of the molecule is Nc1cc(C(F)(F)F)cc(Sc2ccncc2)n1. The smallest absolute Gasteiger partial charge is 0.384 e. The van der Waals surface area contributed by atoms with E-state index in [-0.39, 0.29) is 10.8 Å². The van der Waals surface area contributed by atoms with Crippen LogP contribution < -0.4 is 5.73 Å². The first-order chi connectivity index (χ1) is 8.45. The molecule has 0 fully saturated rings. The van der Waals surface area contributed by atoms with Gasteiger partial charge in [0.2, 0.25) is 0 Å². The van der Waals surface area contributed by atoms with Crippen LogP contribution in [0.2, 0.25) is 0 Å². The first kappa shape index (κ1) is 12.7. The van der Waals surface area contributed by atoms with Crippen molar-refractivity contribution in [2.45, 2.75) is 16.1 Å². The predicted molar refractivity (Wildman–Crippen MR) is 62.0 cm³/mol. The summed E-state index contributed by atoms with van der Waals surface area (Å²) in [5.41, 5.74) is 4.57. The number of pyridine rings is 2. The third-order valence-corrected chi connectivity index (χ3v) is 2.95. The summed E-state index contributed by atoms with van der Waals surface area (Å²) < 4.78 is 37.8. The molecular weight excluding hydrogens is 263 g/mol. The van der Waals surface area contributed by atoms with Crippen molar-refractivity contribution >= 4 is 17.6 Å². The number of aromatic nitrogens is 2. The second kappa shape index (κ2) is 4.85. The van der Waals surface area contributed by atoms with Gasteiger partial charge in [0.15, 0.2) is 0 Å². The normalized spacial score (nSPS) is 11.5. The van der Waals surface area contributed by atoms with Gasteiger partial charge in [-0.25, -0.2) is 4.98 Å². The monoisotopic (exact) mass is 271 g/mol. The number of nitrogens with zero attached hydrogens (tertiary/aromatic N) is 2. The molecule has 0 radical (unpaired) electrons. The molecule has 2 aromatic heterocycles. The van der Waals surface area contributed by atoms with E-state index in [0.29, 0.717) is 0 Å². The molecule has 2 N–H and O–H groups in total. The lowest BCUT2D eigenvalue weighted by atomic mass is 10.2. The van der Waals surface area contributed by atoms with Crippen LogP contribution in [0.5, 0.6) is 0 Å². The fraction of sp³-hybridized carbons (Fsp3) is 0.0909. The van der Waals surface area contributed by atoms with Crippen LogP contribution in [0.25, 0.3) is 0 Å². The standard InChI is InChI=1S/C11H8F3N3S/c12-11(13,14)7-5-9(15)17-10(6-7)18-8-1-3-16-4-2-8/h1-6H,(H2,15,17). The highest BCUT2D eigenvalue weighted by atomic mass is 32.2. The van der Waals surface area contributed by atoms with Gasteiger partial charge in [0, 0.05) is 17.3 Å². The van der Waals surface area contributed by atoms with Crippen molar-refractivity contribution in [1.82, 2.24) is 9.97 Å². The molecule has 2 rings (SSSR count). The molecule has 2 heterocycles. The summed E-state index contributed by atoms with van der Waals surface area (Å²) in [5, 5.41) is 0.202. The van der Waals surface area contributed by atoms with E-state index in [0.717, 1.165) is 28.8 Å². The van der Waals surface area contributed by atoms with Gasteiger partial charge in [-0.3, -0.25) is 4.98 Å². The number of nitrogens with two attached hydrogens (primary N) is 1. The summed E-state index contributed by atoms with van der Waals surface area (Å²) >= 11 is 1.10. The largest absolute Gasteiger partial charge is 0.416 e. The van der Waals surface area contributed by atoms with Crippen LogP contribution in [0.15, 0.2) is 46.6 Å². The average Bonchev–Trinajstić information content (AvgIpc) is 2.28. The first-order valence-corrected chi connectivity index (χ1v) is 5.69. The van der Waals surface area contributed by atoms with Crippen LogP contribution in [0.1, 0.15) is 5.56 Å². The quantitative estimate of drug-likeness (QED) is 0.911. The van der Waals surface area contributed by atoms with E-state index < -0.39 is 11.7 Å². The Bertz CT molecular complexity index is 543. The van der Waals surface area contributed by atoms with Gasteiger partial charge in [0.1, 0.15) is 10.8 Å². The molecule has 0 unspecified atom stereocenters. The lowest BCUT2D eigenvalue weighted by molar-refractivity contribution is -0.137. The van der Waals surface area contributed by atoms with Crippen molar-refractivity contribution in [1.29, 1.82) is 0 Å². The maximum atomic E-state index is 12.6. The topological polar surface area (TPSA) is 51.8 Å². The number of rotatable bonds is 2. The van der Waals surface area contributed by atoms with Crippen LogP contribution in [0.4, 0.5) is 19.0 Å². The lowest BCUT2D eigenvalue weighted by Crippen LogP contribution is -2.07. The first-order valence-electron chi connectivity index (χ1n) is 4.88. The van der Waals surface area contributed by atoms with Crippen molar-refractivity contribution in [3.63, 3.8) is 0 Å². The molecule has 3 nitrogen and oxygen atoms in total. The number of hydrogen-bond donors (Lipinski definition) is 1. The van der Waals surface area contributed by atoms with Gasteiger partial charge in [-0.1, -0.05) is 11.8 Å². The minimum Gasteiger partial charge on any atom is -0.384 e. The molecule has 2 aromatic rings. The maximum absolute atomic E-state index is 12.6. The fourth-order valence-corrected chi connectivity index (χ4v) is 2.11. The van der Waals surface area contributed by atoms with Gasteiger partial charge in [-0.15, -0.1) is 0 Å². The van der Waals surface area contributed by atoms with Crippen LogP contribution in [-0.2, 0) is 6.18 Å². The summed E-state index contributed by atoms with van der Waals surface area (Å²) in [7, 11) is 0. The van der Waals surface area contributed by atoms with Crippen molar-refractivity contribution in [2.75, 3.05) is 5.73 Å². The van der Waals surface area contributed by atoms with Crippen LogP contribution in [0, 0.1) is 0 Å². The summed E-state index contributed by atoms with van der Waals surface area (Å²) in [6.45, 7) is 0. The summed E-state index contributed by atoms with van der Waals surface area (Å²) in [4.78, 5) is 8.43. The molecule has 0 aliphatic rings. The highest BCUT2D eigenvalue weighted by Gasteiger charge is 2.31. The second-order valence-corrected chi connectivity index (χ2v) is 4.50. The van der Waals surface area contributed by atoms with Crippen molar-refractivity contribution in [3.05, 3.63) is 42.2 Å². The number of anilines is 1. The van der Waals surface area contributed by atoms with Gasteiger partial charge < -0.3 is 5.73 Å². The number of alkyl halides is 3. The van der Waals surface area contributed by atoms with Crippen molar-refractivity contribution < 1.29 is 13.2 Å².